The summed E-state index contributed by atoms with van der Waals surface area (Å²) >= 11 is 6.15. The third-order valence-electron chi connectivity index (χ3n) is 4.47. The van der Waals surface area contributed by atoms with Crippen LogP contribution in [0.25, 0.3) is 0 Å². The fourth-order valence-corrected chi connectivity index (χ4v) is 3.39. The minimum Gasteiger partial charge on any atom is -0.481 e. The molecule has 2 fully saturated rings. The van der Waals surface area contributed by atoms with Gasteiger partial charge in [-0.05, 0) is 37.5 Å². The van der Waals surface area contributed by atoms with Crippen molar-refractivity contribution < 1.29 is 19.5 Å². The molecule has 1 aliphatic heterocycles. The number of halogens is 1. The molecule has 0 unspecified atom stereocenters. The number of benzene rings is 1. The summed E-state index contributed by atoms with van der Waals surface area (Å²) in [6.07, 6.45) is 1.66. The first-order chi connectivity index (χ1) is 11.5. The molecule has 2 atom stereocenters. The SMILES string of the molecule is O=C(N[C@@H]1CC[C@H](C(=O)O)C1)c1ccc(Cl)c(N2CCNC2=O)c1. The van der Waals surface area contributed by atoms with Crippen molar-refractivity contribution in [2.45, 2.75) is 25.3 Å². The second-order valence-electron chi connectivity index (χ2n) is 6.07. The van der Waals surface area contributed by atoms with E-state index in [4.69, 9.17) is 16.7 Å². The lowest BCUT2D eigenvalue weighted by Crippen LogP contribution is -2.33. The first-order valence-electron chi connectivity index (χ1n) is 7.84. The largest absolute Gasteiger partial charge is 0.481 e. The predicted octanol–water partition coefficient (Wildman–Crippen LogP) is 1.85. The van der Waals surface area contributed by atoms with Crippen molar-refractivity contribution in [3.05, 3.63) is 28.8 Å². The molecule has 1 saturated heterocycles. The summed E-state index contributed by atoms with van der Waals surface area (Å²) in [5, 5.41) is 15.0. The van der Waals surface area contributed by atoms with Crippen molar-refractivity contribution in [3.63, 3.8) is 0 Å². The van der Waals surface area contributed by atoms with Crippen LogP contribution in [-0.2, 0) is 4.79 Å². The third kappa shape index (κ3) is 3.31. The van der Waals surface area contributed by atoms with Crippen LogP contribution in [0.2, 0.25) is 5.02 Å². The number of hydrogen-bond donors (Lipinski definition) is 3. The van der Waals surface area contributed by atoms with Gasteiger partial charge in [-0.3, -0.25) is 14.5 Å². The molecule has 1 saturated carbocycles. The van der Waals surface area contributed by atoms with Crippen molar-refractivity contribution in [2.75, 3.05) is 18.0 Å². The van der Waals surface area contributed by atoms with Gasteiger partial charge in [0.2, 0.25) is 0 Å². The lowest BCUT2D eigenvalue weighted by molar-refractivity contribution is -0.141. The molecule has 1 aromatic rings. The maximum atomic E-state index is 12.4. The number of anilines is 1. The fourth-order valence-electron chi connectivity index (χ4n) is 3.17. The van der Waals surface area contributed by atoms with Crippen LogP contribution in [0.4, 0.5) is 10.5 Å². The van der Waals surface area contributed by atoms with Crippen LogP contribution in [0.5, 0.6) is 0 Å². The number of carbonyl (C=O) groups is 3. The predicted molar refractivity (Wildman–Crippen MR) is 88.4 cm³/mol. The Kier molecular flexibility index (Phi) is 4.62. The number of amides is 3. The minimum atomic E-state index is -0.819. The number of urea groups is 1. The normalized spacial score (nSPS) is 23.2. The van der Waals surface area contributed by atoms with Crippen LogP contribution in [0.15, 0.2) is 18.2 Å². The highest BCUT2D eigenvalue weighted by atomic mass is 35.5. The van der Waals surface area contributed by atoms with E-state index >= 15 is 0 Å². The van der Waals surface area contributed by atoms with E-state index in [1.807, 2.05) is 0 Å². The molecule has 128 valence electrons. The van der Waals surface area contributed by atoms with Gasteiger partial charge in [0.15, 0.2) is 0 Å². The molecule has 3 N–H and O–H groups in total. The highest BCUT2D eigenvalue weighted by Gasteiger charge is 2.31. The highest BCUT2D eigenvalue weighted by Crippen LogP contribution is 2.29. The lowest BCUT2D eigenvalue weighted by Gasteiger charge is -2.18. The van der Waals surface area contributed by atoms with Gasteiger partial charge >= 0.3 is 12.0 Å². The zero-order chi connectivity index (χ0) is 17.3. The average Bonchev–Trinajstić information content (AvgIpc) is 3.17. The number of rotatable bonds is 4. The summed E-state index contributed by atoms with van der Waals surface area (Å²) in [6.45, 7) is 1.02. The Morgan fingerprint density at radius 3 is 2.75 bits per heavy atom. The van der Waals surface area contributed by atoms with Crippen molar-refractivity contribution in [3.8, 4) is 0 Å². The van der Waals surface area contributed by atoms with Gasteiger partial charge in [0.05, 0.1) is 16.6 Å². The lowest BCUT2D eigenvalue weighted by atomic mass is 10.1. The van der Waals surface area contributed by atoms with E-state index < -0.39 is 11.9 Å². The summed E-state index contributed by atoms with van der Waals surface area (Å²) in [5.41, 5.74) is 0.891. The summed E-state index contributed by atoms with van der Waals surface area (Å²) in [5.74, 6) is -1.51. The zero-order valence-corrected chi connectivity index (χ0v) is 13.7. The monoisotopic (exact) mass is 351 g/mol. The minimum absolute atomic E-state index is 0.146. The van der Waals surface area contributed by atoms with E-state index in [1.165, 1.54) is 4.90 Å². The van der Waals surface area contributed by atoms with Crippen LogP contribution in [0.1, 0.15) is 29.6 Å². The first-order valence-corrected chi connectivity index (χ1v) is 8.22. The van der Waals surface area contributed by atoms with Gasteiger partial charge in [-0.25, -0.2) is 4.79 Å². The molecule has 3 amide bonds. The Labute approximate surface area is 144 Å². The zero-order valence-electron chi connectivity index (χ0n) is 12.9. The average molecular weight is 352 g/mol. The number of carbonyl (C=O) groups excluding carboxylic acids is 2. The number of nitrogens with zero attached hydrogens (tertiary/aromatic N) is 1. The Morgan fingerprint density at radius 2 is 2.12 bits per heavy atom. The molecule has 1 aliphatic carbocycles. The Morgan fingerprint density at radius 1 is 1.33 bits per heavy atom. The van der Waals surface area contributed by atoms with Crippen LogP contribution in [0.3, 0.4) is 0 Å². The number of aliphatic carboxylic acids is 1. The summed E-state index contributed by atoms with van der Waals surface area (Å²) < 4.78 is 0. The summed E-state index contributed by atoms with van der Waals surface area (Å²) in [6, 6.07) is 4.39. The number of hydrogen-bond acceptors (Lipinski definition) is 3. The molecular weight excluding hydrogens is 334 g/mol. The Hall–Kier alpha value is -2.28. The van der Waals surface area contributed by atoms with Crippen LogP contribution >= 0.6 is 11.6 Å². The standard InChI is InChI=1S/C16H18ClN3O4/c17-12-4-2-9(8-13(12)20-6-5-18-16(20)24)14(21)19-11-3-1-10(7-11)15(22)23/h2,4,8,10-11H,1,3,5-7H2,(H,18,24)(H,19,21)(H,22,23)/t10-,11+/m0/s1. The van der Waals surface area contributed by atoms with E-state index in [1.54, 1.807) is 18.2 Å². The van der Waals surface area contributed by atoms with E-state index in [9.17, 15) is 14.4 Å². The molecule has 1 heterocycles. The molecular formula is C16H18ClN3O4. The first kappa shape index (κ1) is 16.6. The number of carboxylic acids is 1. The molecule has 0 radical (unpaired) electrons. The summed E-state index contributed by atoms with van der Waals surface area (Å²) in [7, 11) is 0. The van der Waals surface area contributed by atoms with Crippen molar-refractivity contribution >= 4 is 35.2 Å². The quantitative estimate of drug-likeness (QED) is 0.771. The molecule has 0 aromatic heterocycles. The third-order valence-corrected chi connectivity index (χ3v) is 4.79. The molecule has 8 heteroatoms. The molecule has 0 bridgehead atoms. The highest BCUT2D eigenvalue weighted by molar-refractivity contribution is 6.34. The van der Waals surface area contributed by atoms with Gasteiger partial charge in [0.25, 0.3) is 5.91 Å². The van der Waals surface area contributed by atoms with E-state index in [-0.39, 0.29) is 18.0 Å². The maximum absolute atomic E-state index is 12.4. The molecule has 1 aromatic carbocycles. The second kappa shape index (κ2) is 6.68. The van der Waals surface area contributed by atoms with Gasteiger partial charge in [-0.2, -0.15) is 0 Å². The molecule has 3 rings (SSSR count). The molecule has 2 aliphatic rings. The van der Waals surface area contributed by atoms with Crippen LogP contribution < -0.4 is 15.5 Å². The fraction of sp³-hybridized carbons (Fsp3) is 0.438. The Balaban J connectivity index is 1.71. The maximum Gasteiger partial charge on any atom is 0.322 e. The molecule has 0 spiro atoms. The second-order valence-corrected chi connectivity index (χ2v) is 6.48. The van der Waals surface area contributed by atoms with Gasteiger partial charge in [0.1, 0.15) is 0 Å². The van der Waals surface area contributed by atoms with Crippen molar-refractivity contribution in [1.82, 2.24) is 10.6 Å². The van der Waals surface area contributed by atoms with Crippen molar-refractivity contribution in [1.29, 1.82) is 0 Å². The number of carboxylic acid groups (broad SMARTS) is 1. The Bertz CT molecular complexity index is 694. The van der Waals surface area contributed by atoms with Gasteiger partial charge in [-0.1, -0.05) is 11.6 Å². The van der Waals surface area contributed by atoms with E-state index in [0.29, 0.717) is 48.6 Å². The van der Waals surface area contributed by atoms with Crippen LogP contribution in [0, 0.1) is 5.92 Å². The number of nitrogens with one attached hydrogen (secondary N) is 2. The van der Waals surface area contributed by atoms with Gasteiger partial charge in [0, 0.05) is 24.7 Å². The van der Waals surface area contributed by atoms with Gasteiger partial charge < -0.3 is 15.7 Å². The van der Waals surface area contributed by atoms with Crippen molar-refractivity contribution in [2.24, 2.45) is 5.92 Å². The summed E-state index contributed by atoms with van der Waals surface area (Å²) in [4.78, 5) is 36.7. The molecule has 24 heavy (non-hydrogen) atoms. The van der Waals surface area contributed by atoms with E-state index in [2.05, 4.69) is 10.6 Å². The topological polar surface area (TPSA) is 98.7 Å². The van der Waals surface area contributed by atoms with Gasteiger partial charge in [-0.15, -0.1) is 0 Å². The smallest absolute Gasteiger partial charge is 0.322 e. The molecule has 7 nitrogen and oxygen atoms in total. The van der Waals surface area contributed by atoms with Crippen LogP contribution in [-0.4, -0.2) is 42.1 Å². The van der Waals surface area contributed by atoms with E-state index in [0.717, 1.165) is 0 Å².